The molecule has 0 saturated carbocycles. The minimum atomic E-state index is -0.661. The Morgan fingerprint density at radius 3 is 2.42 bits per heavy atom. The molecule has 2 aromatic carbocycles. The second-order valence-corrected chi connectivity index (χ2v) is 8.63. The zero-order chi connectivity index (χ0) is 22.4. The van der Waals surface area contributed by atoms with Crippen LogP contribution in [0.2, 0.25) is 0 Å². The maximum absolute atomic E-state index is 12.3. The monoisotopic (exact) mass is 424 g/mol. The van der Waals surface area contributed by atoms with E-state index in [0.29, 0.717) is 25.7 Å². The fraction of sp³-hybridized carbons (Fsp3) is 0.440. The van der Waals surface area contributed by atoms with Gasteiger partial charge in [-0.05, 0) is 54.5 Å². The van der Waals surface area contributed by atoms with Crippen molar-refractivity contribution in [3.63, 3.8) is 0 Å². The van der Waals surface area contributed by atoms with E-state index in [9.17, 15) is 9.59 Å². The zero-order valence-electron chi connectivity index (χ0n) is 18.8. The standard InChI is InChI=1S/C25H32N2O4/c1-16(2)9-18(4)31-23-10-17(3)5-7-20(23)13-27-25(29)24(28)26-12-19-6-8-21-14-30-15-22(21)11-19/h5-8,10-11,16,18H,9,12-15H2,1-4H3,(H,26,28)(H,27,29). The molecule has 0 bridgehead atoms. The Bertz CT molecular complexity index is 939. The first-order valence-electron chi connectivity index (χ1n) is 10.8. The lowest BCUT2D eigenvalue weighted by molar-refractivity contribution is -0.139. The maximum Gasteiger partial charge on any atom is 0.309 e. The lowest BCUT2D eigenvalue weighted by Crippen LogP contribution is -2.39. The molecule has 31 heavy (non-hydrogen) atoms. The molecular weight excluding hydrogens is 392 g/mol. The van der Waals surface area contributed by atoms with Gasteiger partial charge in [0.25, 0.3) is 0 Å². The third-order valence-electron chi connectivity index (χ3n) is 5.24. The van der Waals surface area contributed by atoms with Crippen LogP contribution in [0, 0.1) is 12.8 Å². The van der Waals surface area contributed by atoms with Crippen LogP contribution < -0.4 is 15.4 Å². The molecular formula is C25H32N2O4. The molecule has 2 aromatic rings. The van der Waals surface area contributed by atoms with Gasteiger partial charge in [0.2, 0.25) is 0 Å². The van der Waals surface area contributed by atoms with Gasteiger partial charge in [-0.1, -0.05) is 44.2 Å². The SMILES string of the molecule is Cc1ccc(CNC(=O)C(=O)NCc2ccc3c(c2)COC3)c(OC(C)CC(C)C)c1. The van der Waals surface area contributed by atoms with Crippen LogP contribution in [0.15, 0.2) is 36.4 Å². The Kier molecular flexibility index (Phi) is 7.69. The quantitative estimate of drug-likeness (QED) is 0.633. The predicted octanol–water partition coefficient (Wildman–Crippen LogP) is 3.77. The van der Waals surface area contributed by atoms with Crippen molar-refractivity contribution in [2.24, 2.45) is 5.92 Å². The third kappa shape index (κ3) is 6.56. The Morgan fingerprint density at radius 2 is 1.68 bits per heavy atom. The van der Waals surface area contributed by atoms with Crippen molar-refractivity contribution >= 4 is 11.8 Å². The van der Waals surface area contributed by atoms with Crippen molar-refractivity contribution in [3.05, 3.63) is 64.2 Å². The summed E-state index contributed by atoms with van der Waals surface area (Å²) in [6, 6.07) is 11.8. The van der Waals surface area contributed by atoms with Gasteiger partial charge < -0.3 is 20.1 Å². The summed E-state index contributed by atoms with van der Waals surface area (Å²) < 4.78 is 11.5. The molecule has 0 aromatic heterocycles. The summed E-state index contributed by atoms with van der Waals surface area (Å²) in [6.07, 6.45) is 1.01. The normalized spacial score (nSPS) is 13.6. The van der Waals surface area contributed by atoms with E-state index in [4.69, 9.17) is 9.47 Å². The lowest BCUT2D eigenvalue weighted by atomic mass is 10.1. The van der Waals surface area contributed by atoms with Crippen LogP contribution >= 0.6 is 0 Å². The Morgan fingerprint density at radius 1 is 0.968 bits per heavy atom. The first kappa shape index (κ1) is 22.8. The molecule has 0 radical (unpaired) electrons. The number of fused-ring (bicyclic) bond motifs is 1. The van der Waals surface area contributed by atoms with Gasteiger partial charge in [0, 0.05) is 18.7 Å². The number of carbonyl (C=O) groups excluding carboxylic acids is 2. The summed E-state index contributed by atoms with van der Waals surface area (Å²) in [5.74, 6) is -0.0372. The number of benzene rings is 2. The van der Waals surface area contributed by atoms with Gasteiger partial charge in [-0.25, -0.2) is 0 Å². The molecule has 1 aliphatic heterocycles. The van der Waals surface area contributed by atoms with Gasteiger partial charge in [-0.2, -0.15) is 0 Å². The number of aryl methyl sites for hydroxylation is 1. The van der Waals surface area contributed by atoms with Crippen LogP contribution in [-0.2, 0) is 40.6 Å². The van der Waals surface area contributed by atoms with Crippen molar-refractivity contribution in [1.29, 1.82) is 0 Å². The second kappa shape index (κ2) is 10.4. The smallest absolute Gasteiger partial charge is 0.309 e. The summed E-state index contributed by atoms with van der Waals surface area (Å²) in [7, 11) is 0. The highest BCUT2D eigenvalue weighted by Crippen LogP contribution is 2.23. The molecule has 2 amide bonds. The van der Waals surface area contributed by atoms with E-state index >= 15 is 0 Å². The summed E-state index contributed by atoms with van der Waals surface area (Å²) in [5.41, 5.74) is 5.18. The van der Waals surface area contributed by atoms with Gasteiger partial charge in [0.05, 0.1) is 19.3 Å². The molecule has 3 rings (SSSR count). The van der Waals surface area contributed by atoms with E-state index in [1.54, 1.807) is 0 Å². The van der Waals surface area contributed by atoms with Crippen molar-refractivity contribution < 1.29 is 19.1 Å². The predicted molar refractivity (Wildman–Crippen MR) is 119 cm³/mol. The molecule has 0 aliphatic carbocycles. The minimum Gasteiger partial charge on any atom is -0.490 e. The summed E-state index contributed by atoms with van der Waals surface area (Å²) >= 11 is 0. The lowest BCUT2D eigenvalue weighted by Gasteiger charge is -2.19. The first-order chi connectivity index (χ1) is 14.8. The minimum absolute atomic E-state index is 0.0669. The van der Waals surface area contributed by atoms with Crippen LogP contribution in [0.1, 0.15) is 55.0 Å². The molecule has 1 heterocycles. The highest BCUT2D eigenvalue weighted by atomic mass is 16.5. The highest BCUT2D eigenvalue weighted by Gasteiger charge is 2.16. The molecule has 1 unspecified atom stereocenters. The summed E-state index contributed by atoms with van der Waals surface area (Å²) in [6.45, 7) is 10.1. The van der Waals surface area contributed by atoms with E-state index in [0.717, 1.165) is 34.4 Å². The molecule has 0 saturated heterocycles. The van der Waals surface area contributed by atoms with Gasteiger partial charge in [-0.15, -0.1) is 0 Å². The fourth-order valence-electron chi connectivity index (χ4n) is 3.70. The zero-order valence-corrected chi connectivity index (χ0v) is 18.8. The van der Waals surface area contributed by atoms with Crippen molar-refractivity contribution in [2.45, 2.75) is 66.5 Å². The number of amides is 2. The first-order valence-corrected chi connectivity index (χ1v) is 10.8. The van der Waals surface area contributed by atoms with Crippen LogP contribution in [0.4, 0.5) is 0 Å². The van der Waals surface area contributed by atoms with Crippen LogP contribution in [0.25, 0.3) is 0 Å². The van der Waals surface area contributed by atoms with E-state index < -0.39 is 11.8 Å². The Labute approximate surface area is 184 Å². The average molecular weight is 425 g/mol. The number of hydrogen-bond donors (Lipinski definition) is 2. The second-order valence-electron chi connectivity index (χ2n) is 8.63. The third-order valence-corrected chi connectivity index (χ3v) is 5.24. The van der Waals surface area contributed by atoms with Crippen molar-refractivity contribution in [3.8, 4) is 5.75 Å². The largest absolute Gasteiger partial charge is 0.490 e. The van der Waals surface area contributed by atoms with E-state index in [1.165, 1.54) is 5.56 Å². The molecule has 6 nitrogen and oxygen atoms in total. The maximum atomic E-state index is 12.3. The molecule has 1 atom stereocenters. The Hall–Kier alpha value is -2.86. The van der Waals surface area contributed by atoms with Gasteiger partial charge >= 0.3 is 11.8 Å². The van der Waals surface area contributed by atoms with Crippen LogP contribution in [0.5, 0.6) is 5.75 Å². The molecule has 0 fully saturated rings. The molecule has 2 N–H and O–H groups in total. The fourth-order valence-corrected chi connectivity index (χ4v) is 3.70. The molecule has 6 heteroatoms. The van der Waals surface area contributed by atoms with E-state index in [2.05, 4.69) is 24.5 Å². The average Bonchev–Trinajstić information content (AvgIpc) is 3.18. The number of ether oxygens (including phenoxy) is 2. The van der Waals surface area contributed by atoms with Crippen LogP contribution in [0.3, 0.4) is 0 Å². The number of rotatable bonds is 8. The molecule has 1 aliphatic rings. The van der Waals surface area contributed by atoms with E-state index in [1.807, 2.05) is 50.2 Å². The highest BCUT2D eigenvalue weighted by molar-refractivity contribution is 6.35. The van der Waals surface area contributed by atoms with Crippen LogP contribution in [-0.4, -0.2) is 17.9 Å². The molecule has 0 spiro atoms. The van der Waals surface area contributed by atoms with E-state index in [-0.39, 0.29) is 12.6 Å². The number of hydrogen-bond acceptors (Lipinski definition) is 4. The van der Waals surface area contributed by atoms with Gasteiger partial charge in [0.15, 0.2) is 0 Å². The van der Waals surface area contributed by atoms with Crippen molar-refractivity contribution in [2.75, 3.05) is 0 Å². The summed E-state index contributed by atoms with van der Waals surface area (Å²) in [5, 5.41) is 5.38. The number of nitrogens with one attached hydrogen (secondary N) is 2. The number of carbonyl (C=O) groups is 2. The Balaban J connectivity index is 1.53. The van der Waals surface area contributed by atoms with Gasteiger partial charge in [-0.3, -0.25) is 9.59 Å². The summed E-state index contributed by atoms with van der Waals surface area (Å²) in [4.78, 5) is 24.5. The molecule has 166 valence electrons. The van der Waals surface area contributed by atoms with Gasteiger partial charge in [0.1, 0.15) is 5.75 Å². The van der Waals surface area contributed by atoms with Crippen molar-refractivity contribution in [1.82, 2.24) is 10.6 Å². The topological polar surface area (TPSA) is 76.7 Å².